The van der Waals surface area contributed by atoms with Crippen LogP contribution in [-0.2, 0) is 11.2 Å². The number of nitrogens with zero attached hydrogens (tertiary/aromatic N) is 2. The molecule has 1 amide bonds. The Hall–Kier alpha value is -1.92. The van der Waals surface area contributed by atoms with E-state index < -0.39 is 0 Å². The molecular weight excluding hydrogens is 326 g/mol. The van der Waals surface area contributed by atoms with Gasteiger partial charge in [0.25, 0.3) is 0 Å². The quantitative estimate of drug-likeness (QED) is 0.743. The molecule has 0 bridgehead atoms. The summed E-state index contributed by atoms with van der Waals surface area (Å²) in [4.78, 5) is 22.8. The normalized spacial score (nSPS) is 21.5. The summed E-state index contributed by atoms with van der Waals surface area (Å²) in [5.41, 5.74) is 8.45. The van der Waals surface area contributed by atoms with E-state index in [4.69, 9.17) is 4.98 Å². The van der Waals surface area contributed by atoms with E-state index in [1.54, 1.807) is 0 Å². The lowest BCUT2D eigenvalue weighted by Crippen LogP contribution is -2.40. The summed E-state index contributed by atoms with van der Waals surface area (Å²) in [6.07, 6.45) is 6.03. The van der Waals surface area contributed by atoms with Gasteiger partial charge in [0.15, 0.2) is 0 Å². The Morgan fingerprint density at radius 2 is 2.04 bits per heavy atom. The molecule has 1 atom stereocenters. The summed E-state index contributed by atoms with van der Waals surface area (Å²) < 4.78 is 0. The maximum Gasteiger partial charge on any atom is 0.222 e. The number of imidazole rings is 1. The van der Waals surface area contributed by atoms with Crippen molar-refractivity contribution in [2.24, 2.45) is 11.8 Å². The molecule has 4 rings (SSSR count). The number of aromatic amines is 1. The van der Waals surface area contributed by atoms with Gasteiger partial charge < -0.3 is 9.88 Å². The first-order chi connectivity index (χ1) is 12.8. The molecule has 0 aliphatic carbocycles. The number of para-hydroxylation sites is 2. The topological polar surface area (TPSA) is 73.1 Å². The number of hydrazine groups is 1. The minimum atomic E-state index is 0.332. The maximum atomic E-state index is 12.6. The summed E-state index contributed by atoms with van der Waals surface area (Å²) in [5.74, 6) is 2.56. The van der Waals surface area contributed by atoms with E-state index >= 15 is 0 Å². The van der Waals surface area contributed by atoms with E-state index in [0.717, 1.165) is 68.7 Å². The molecule has 6 heteroatoms. The molecule has 140 valence electrons. The van der Waals surface area contributed by atoms with Crippen molar-refractivity contribution in [3.63, 3.8) is 0 Å². The lowest BCUT2D eigenvalue weighted by Gasteiger charge is -2.32. The zero-order chi connectivity index (χ0) is 17.8. The summed E-state index contributed by atoms with van der Waals surface area (Å²) in [7, 11) is 0. The summed E-state index contributed by atoms with van der Waals surface area (Å²) in [5, 5.41) is 0. The van der Waals surface area contributed by atoms with Crippen molar-refractivity contribution in [2.45, 2.75) is 38.5 Å². The third-order valence-corrected chi connectivity index (χ3v) is 5.70. The number of carbonyl (C=O) groups is 1. The first-order valence-electron chi connectivity index (χ1n) is 9.95. The van der Waals surface area contributed by atoms with Crippen LogP contribution in [0.1, 0.15) is 37.9 Å². The van der Waals surface area contributed by atoms with Gasteiger partial charge in [-0.3, -0.25) is 15.6 Å². The second kappa shape index (κ2) is 8.18. The molecule has 0 spiro atoms. The van der Waals surface area contributed by atoms with Gasteiger partial charge in [0.1, 0.15) is 5.82 Å². The van der Waals surface area contributed by atoms with Crippen LogP contribution in [0, 0.1) is 11.8 Å². The first-order valence-corrected chi connectivity index (χ1v) is 9.95. The van der Waals surface area contributed by atoms with Crippen LogP contribution >= 0.6 is 0 Å². The highest BCUT2D eigenvalue weighted by Crippen LogP contribution is 2.22. The Kier molecular flexibility index (Phi) is 5.51. The van der Waals surface area contributed by atoms with Gasteiger partial charge in [-0.2, -0.15) is 0 Å². The second-order valence-electron chi connectivity index (χ2n) is 7.77. The number of hydrogen-bond donors (Lipinski definition) is 3. The monoisotopic (exact) mass is 355 g/mol. The minimum Gasteiger partial charge on any atom is -0.342 e. The lowest BCUT2D eigenvalue weighted by atomic mass is 9.94. The average Bonchev–Trinajstić information content (AvgIpc) is 3.31. The van der Waals surface area contributed by atoms with Crippen molar-refractivity contribution in [2.75, 3.05) is 26.2 Å². The van der Waals surface area contributed by atoms with Crippen LogP contribution in [0.4, 0.5) is 0 Å². The molecule has 2 aromatic rings. The molecule has 3 N–H and O–H groups in total. The molecule has 2 aliphatic heterocycles. The fourth-order valence-corrected chi connectivity index (χ4v) is 4.24. The Bertz CT molecular complexity index is 704. The minimum absolute atomic E-state index is 0.332. The average molecular weight is 355 g/mol. The van der Waals surface area contributed by atoms with Crippen molar-refractivity contribution in [3.8, 4) is 0 Å². The lowest BCUT2D eigenvalue weighted by molar-refractivity contribution is -0.133. The number of hydrogen-bond acceptors (Lipinski definition) is 4. The third-order valence-electron chi connectivity index (χ3n) is 5.70. The van der Waals surface area contributed by atoms with E-state index in [-0.39, 0.29) is 0 Å². The van der Waals surface area contributed by atoms with Gasteiger partial charge in [-0.25, -0.2) is 4.98 Å². The van der Waals surface area contributed by atoms with Gasteiger partial charge in [0.2, 0.25) is 5.91 Å². The predicted molar refractivity (Wildman–Crippen MR) is 102 cm³/mol. The van der Waals surface area contributed by atoms with Gasteiger partial charge in [-0.15, -0.1) is 0 Å². The van der Waals surface area contributed by atoms with E-state index in [1.165, 1.54) is 6.42 Å². The van der Waals surface area contributed by atoms with Gasteiger partial charge in [0.05, 0.1) is 11.0 Å². The molecule has 3 heterocycles. The fourth-order valence-electron chi connectivity index (χ4n) is 4.24. The van der Waals surface area contributed by atoms with E-state index in [0.29, 0.717) is 24.2 Å². The fraction of sp³-hybridized carbons (Fsp3) is 0.600. The van der Waals surface area contributed by atoms with Crippen LogP contribution in [0.5, 0.6) is 0 Å². The summed E-state index contributed by atoms with van der Waals surface area (Å²) in [6.45, 7) is 3.85. The van der Waals surface area contributed by atoms with Crippen molar-refractivity contribution < 1.29 is 4.79 Å². The number of fused-ring (bicyclic) bond motifs is 1. The molecule has 0 radical (unpaired) electrons. The van der Waals surface area contributed by atoms with Crippen molar-refractivity contribution in [1.29, 1.82) is 0 Å². The molecule has 0 saturated carbocycles. The highest BCUT2D eigenvalue weighted by molar-refractivity contribution is 5.76. The maximum absolute atomic E-state index is 12.6. The Balaban J connectivity index is 1.27. The van der Waals surface area contributed by atoms with E-state index in [9.17, 15) is 4.79 Å². The largest absolute Gasteiger partial charge is 0.342 e. The van der Waals surface area contributed by atoms with Crippen LogP contribution in [0.15, 0.2) is 24.3 Å². The molecular formula is C20H29N5O. The van der Waals surface area contributed by atoms with Crippen LogP contribution in [0.25, 0.3) is 11.0 Å². The van der Waals surface area contributed by atoms with Crippen molar-refractivity contribution in [3.05, 3.63) is 30.1 Å². The van der Waals surface area contributed by atoms with Crippen LogP contribution in [0.2, 0.25) is 0 Å². The number of aromatic nitrogens is 2. The number of H-pyrrole nitrogens is 1. The number of amides is 1. The highest BCUT2D eigenvalue weighted by atomic mass is 16.2. The number of likely N-dealkylation sites (tertiary alicyclic amines) is 1. The zero-order valence-electron chi connectivity index (χ0n) is 15.3. The van der Waals surface area contributed by atoms with Crippen LogP contribution < -0.4 is 10.9 Å². The van der Waals surface area contributed by atoms with Crippen LogP contribution in [0.3, 0.4) is 0 Å². The smallest absolute Gasteiger partial charge is 0.222 e. The van der Waals surface area contributed by atoms with Crippen molar-refractivity contribution in [1.82, 2.24) is 25.7 Å². The van der Waals surface area contributed by atoms with Gasteiger partial charge >= 0.3 is 0 Å². The Morgan fingerprint density at radius 1 is 1.19 bits per heavy atom. The predicted octanol–water partition coefficient (Wildman–Crippen LogP) is 2.24. The molecule has 2 aliphatic rings. The van der Waals surface area contributed by atoms with Gasteiger partial charge in [-0.1, -0.05) is 12.1 Å². The highest BCUT2D eigenvalue weighted by Gasteiger charge is 2.24. The molecule has 1 aromatic heterocycles. The zero-order valence-corrected chi connectivity index (χ0v) is 15.3. The number of carbonyl (C=O) groups excluding carboxylic acids is 1. The molecule has 1 aromatic carbocycles. The number of rotatable bonds is 6. The van der Waals surface area contributed by atoms with E-state index in [1.807, 2.05) is 18.2 Å². The molecule has 6 nitrogen and oxygen atoms in total. The SMILES string of the molecule is O=C(CCCC1CNNC1)N1CCCC(Cc2nc3ccccc3[nH]2)C1. The van der Waals surface area contributed by atoms with Gasteiger partial charge in [-0.05, 0) is 49.7 Å². The second-order valence-corrected chi connectivity index (χ2v) is 7.77. The van der Waals surface area contributed by atoms with E-state index in [2.05, 4.69) is 26.8 Å². The Morgan fingerprint density at radius 3 is 2.88 bits per heavy atom. The number of piperidine rings is 1. The molecule has 2 fully saturated rings. The molecule has 1 unspecified atom stereocenters. The molecule has 26 heavy (non-hydrogen) atoms. The summed E-state index contributed by atoms with van der Waals surface area (Å²) >= 11 is 0. The number of benzene rings is 1. The van der Waals surface area contributed by atoms with Crippen molar-refractivity contribution >= 4 is 16.9 Å². The number of nitrogens with one attached hydrogen (secondary N) is 3. The van der Waals surface area contributed by atoms with Crippen LogP contribution in [-0.4, -0.2) is 47.0 Å². The van der Waals surface area contributed by atoms with Gasteiger partial charge in [0, 0.05) is 39.0 Å². The third kappa shape index (κ3) is 4.24. The summed E-state index contributed by atoms with van der Waals surface area (Å²) in [6, 6.07) is 8.16. The standard InChI is InChI=1S/C20H29N5O/c26-20(9-3-5-16-12-21-22-13-16)25-10-4-6-15(14-25)11-19-23-17-7-1-2-8-18(17)24-19/h1-2,7-8,15-16,21-22H,3-6,9-14H2,(H,23,24). The Labute approximate surface area is 154 Å². The first kappa shape index (κ1) is 17.5. The molecule has 2 saturated heterocycles.